The molecule has 0 bridgehead atoms. The standard InChI is InChI=1S/C14H19NO/c1-10(2)9-15-14(16)8-13-6-5-11(3)12(4)7-13/h5-7H,1,8-9H2,2-4H3,(H,15,16). The van der Waals surface area contributed by atoms with Crippen molar-refractivity contribution in [2.45, 2.75) is 27.2 Å². The summed E-state index contributed by atoms with van der Waals surface area (Å²) in [5, 5.41) is 2.83. The Bertz CT molecular complexity index is 407. The van der Waals surface area contributed by atoms with Gasteiger partial charge in [0, 0.05) is 6.54 Å². The summed E-state index contributed by atoms with van der Waals surface area (Å²) in [4.78, 5) is 11.6. The summed E-state index contributed by atoms with van der Waals surface area (Å²) in [6.07, 6.45) is 0.439. The van der Waals surface area contributed by atoms with Gasteiger partial charge in [-0.1, -0.05) is 30.4 Å². The lowest BCUT2D eigenvalue weighted by Gasteiger charge is -2.06. The zero-order valence-electron chi connectivity index (χ0n) is 10.3. The van der Waals surface area contributed by atoms with Gasteiger partial charge >= 0.3 is 0 Å². The zero-order valence-corrected chi connectivity index (χ0v) is 10.3. The molecule has 2 heteroatoms. The van der Waals surface area contributed by atoms with Gasteiger partial charge in [0.1, 0.15) is 0 Å². The lowest BCUT2D eigenvalue weighted by molar-refractivity contribution is -0.120. The van der Waals surface area contributed by atoms with Gasteiger partial charge < -0.3 is 5.32 Å². The number of benzene rings is 1. The summed E-state index contributed by atoms with van der Waals surface area (Å²) in [6, 6.07) is 6.12. The molecule has 0 saturated heterocycles. The Morgan fingerprint density at radius 3 is 2.56 bits per heavy atom. The molecule has 0 spiro atoms. The van der Waals surface area contributed by atoms with Crippen molar-refractivity contribution in [1.82, 2.24) is 5.32 Å². The monoisotopic (exact) mass is 217 g/mol. The van der Waals surface area contributed by atoms with E-state index in [0.29, 0.717) is 13.0 Å². The molecule has 1 amide bonds. The lowest BCUT2D eigenvalue weighted by Crippen LogP contribution is -2.26. The molecule has 0 heterocycles. The molecule has 0 fully saturated rings. The van der Waals surface area contributed by atoms with Crippen molar-refractivity contribution in [2.24, 2.45) is 0 Å². The van der Waals surface area contributed by atoms with Crippen molar-refractivity contribution in [2.75, 3.05) is 6.54 Å². The molecule has 0 unspecified atom stereocenters. The van der Waals surface area contributed by atoms with Crippen molar-refractivity contribution >= 4 is 5.91 Å². The van der Waals surface area contributed by atoms with Crippen LogP contribution in [0, 0.1) is 13.8 Å². The molecular weight excluding hydrogens is 198 g/mol. The first-order valence-corrected chi connectivity index (χ1v) is 5.46. The van der Waals surface area contributed by atoms with Gasteiger partial charge in [-0.25, -0.2) is 0 Å². The Balaban J connectivity index is 2.56. The first-order valence-electron chi connectivity index (χ1n) is 5.46. The quantitative estimate of drug-likeness (QED) is 0.771. The number of amides is 1. The molecule has 2 nitrogen and oxygen atoms in total. The van der Waals surface area contributed by atoms with E-state index in [1.807, 2.05) is 13.0 Å². The smallest absolute Gasteiger partial charge is 0.224 e. The van der Waals surface area contributed by atoms with E-state index < -0.39 is 0 Å². The fraction of sp³-hybridized carbons (Fsp3) is 0.357. The molecule has 0 atom stereocenters. The van der Waals surface area contributed by atoms with Crippen LogP contribution in [0.15, 0.2) is 30.4 Å². The highest BCUT2D eigenvalue weighted by atomic mass is 16.1. The van der Waals surface area contributed by atoms with Crippen LogP contribution in [-0.2, 0) is 11.2 Å². The first-order chi connectivity index (χ1) is 7.49. The second kappa shape index (κ2) is 5.50. The van der Waals surface area contributed by atoms with Crippen LogP contribution in [0.3, 0.4) is 0 Å². The van der Waals surface area contributed by atoms with E-state index in [4.69, 9.17) is 0 Å². The van der Waals surface area contributed by atoms with Crippen LogP contribution in [0.4, 0.5) is 0 Å². The third-order valence-corrected chi connectivity index (χ3v) is 2.52. The summed E-state index contributed by atoms with van der Waals surface area (Å²) in [5.41, 5.74) is 4.51. The van der Waals surface area contributed by atoms with E-state index in [0.717, 1.165) is 11.1 Å². The summed E-state index contributed by atoms with van der Waals surface area (Å²) in [7, 11) is 0. The van der Waals surface area contributed by atoms with Crippen molar-refractivity contribution in [1.29, 1.82) is 0 Å². The van der Waals surface area contributed by atoms with Gasteiger partial charge in [-0.05, 0) is 37.5 Å². The average Bonchev–Trinajstić information content (AvgIpc) is 2.21. The SMILES string of the molecule is C=C(C)CNC(=O)Cc1ccc(C)c(C)c1. The number of hydrogen-bond acceptors (Lipinski definition) is 1. The molecule has 16 heavy (non-hydrogen) atoms. The second-order valence-electron chi connectivity index (χ2n) is 4.33. The van der Waals surface area contributed by atoms with E-state index in [9.17, 15) is 4.79 Å². The highest BCUT2D eigenvalue weighted by Gasteiger charge is 2.03. The maximum atomic E-state index is 11.6. The molecule has 1 N–H and O–H groups in total. The minimum atomic E-state index is 0.0475. The molecule has 86 valence electrons. The fourth-order valence-electron chi connectivity index (χ4n) is 1.41. The number of aryl methyl sites for hydroxylation is 2. The molecular formula is C14H19NO. The van der Waals surface area contributed by atoms with Crippen LogP contribution in [0.25, 0.3) is 0 Å². The van der Waals surface area contributed by atoms with Crippen molar-refractivity contribution in [3.05, 3.63) is 47.0 Å². The summed E-state index contributed by atoms with van der Waals surface area (Å²) >= 11 is 0. The van der Waals surface area contributed by atoms with Crippen LogP contribution in [0.2, 0.25) is 0 Å². The predicted octanol–water partition coefficient (Wildman–Crippen LogP) is 2.54. The highest BCUT2D eigenvalue weighted by Crippen LogP contribution is 2.10. The van der Waals surface area contributed by atoms with Crippen LogP contribution in [-0.4, -0.2) is 12.5 Å². The third-order valence-electron chi connectivity index (χ3n) is 2.52. The van der Waals surface area contributed by atoms with Gasteiger partial charge in [-0.3, -0.25) is 4.79 Å². The maximum Gasteiger partial charge on any atom is 0.224 e. The Morgan fingerprint density at radius 1 is 1.31 bits per heavy atom. The molecule has 0 saturated carbocycles. The van der Waals surface area contributed by atoms with E-state index >= 15 is 0 Å². The van der Waals surface area contributed by atoms with E-state index in [-0.39, 0.29) is 5.91 Å². The highest BCUT2D eigenvalue weighted by molar-refractivity contribution is 5.78. The zero-order chi connectivity index (χ0) is 12.1. The molecule has 1 rings (SSSR count). The molecule has 0 aliphatic carbocycles. The molecule has 0 aliphatic rings. The number of hydrogen-bond donors (Lipinski definition) is 1. The van der Waals surface area contributed by atoms with Gasteiger partial charge in [-0.15, -0.1) is 0 Å². The Kier molecular flexibility index (Phi) is 4.29. The van der Waals surface area contributed by atoms with Gasteiger partial charge in [0.2, 0.25) is 5.91 Å². The summed E-state index contributed by atoms with van der Waals surface area (Å²) in [5.74, 6) is 0.0475. The van der Waals surface area contributed by atoms with Crippen LogP contribution >= 0.6 is 0 Å². The van der Waals surface area contributed by atoms with Crippen molar-refractivity contribution in [3.8, 4) is 0 Å². The number of carbonyl (C=O) groups is 1. The summed E-state index contributed by atoms with van der Waals surface area (Å²) < 4.78 is 0. The Morgan fingerprint density at radius 2 is 2.00 bits per heavy atom. The Labute approximate surface area is 97.4 Å². The topological polar surface area (TPSA) is 29.1 Å². The lowest BCUT2D eigenvalue weighted by atomic mass is 10.0. The van der Waals surface area contributed by atoms with E-state index in [2.05, 4.69) is 37.9 Å². The van der Waals surface area contributed by atoms with Crippen LogP contribution < -0.4 is 5.32 Å². The van der Waals surface area contributed by atoms with Crippen LogP contribution in [0.1, 0.15) is 23.6 Å². The largest absolute Gasteiger partial charge is 0.352 e. The van der Waals surface area contributed by atoms with Gasteiger partial charge in [0.25, 0.3) is 0 Å². The molecule has 1 aromatic rings. The molecule has 0 radical (unpaired) electrons. The predicted molar refractivity (Wildman–Crippen MR) is 67.4 cm³/mol. The molecule has 1 aromatic carbocycles. The maximum absolute atomic E-state index is 11.6. The number of nitrogens with one attached hydrogen (secondary N) is 1. The van der Waals surface area contributed by atoms with Gasteiger partial charge in [0.15, 0.2) is 0 Å². The van der Waals surface area contributed by atoms with Gasteiger partial charge in [-0.2, -0.15) is 0 Å². The third kappa shape index (κ3) is 3.89. The van der Waals surface area contributed by atoms with Crippen LogP contribution in [0.5, 0.6) is 0 Å². The van der Waals surface area contributed by atoms with Gasteiger partial charge in [0.05, 0.1) is 6.42 Å². The molecule has 0 aliphatic heterocycles. The first kappa shape index (κ1) is 12.5. The van der Waals surface area contributed by atoms with Crippen molar-refractivity contribution in [3.63, 3.8) is 0 Å². The summed E-state index contributed by atoms with van der Waals surface area (Å²) in [6.45, 7) is 10.3. The average molecular weight is 217 g/mol. The number of rotatable bonds is 4. The van der Waals surface area contributed by atoms with E-state index in [1.165, 1.54) is 11.1 Å². The number of carbonyl (C=O) groups excluding carboxylic acids is 1. The Hall–Kier alpha value is -1.57. The fourth-order valence-corrected chi connectivity index (χ4v) is 1.41. The molecule has 0 aromatic heterocycles. The second-order valence-corrected chi connectivity index (χ2v) is 4.33. The van der Waals surface area contributed by atoms with Crippen molar-refractivity contribution < 1.29 is 4.79 Å². The minimum absolute atomic E-state index is 0.0475. The van der Waals surface area contributed by atoms with E-state index in [1.54, 1.807) is 0 Å². The normalized spacial score (nSPS) is 9.94. The minimum Gasteiger partial charge on any atom is -0.352 e.